The van der Waals surface area contributed by atoms with Gasteiger partial charge in [-0.15, -0.1) is 0 Å². The lowest BCUT2D eigenvalue weighted by molar-refractivity contribution is -0.146. The third-order valence-corrected chi connectivity index (χ3v) is 4.35. The quantitative estimate of drug-likeness (QED) is 0.685. The topological polar surface area (TPSA) is 55.6 Å². The molecule has 0 spiro atoms. The molecule has 0 atom stereocenters. The monoisotopic (exact) mass is 294 g/mol. The number of methoxy groups -OCH3 is 1. The van der Waals surface area contributed by atoms with Crippen molar-refractivity contribution in [1.29, 1.82) is 0 Å². The van der Waals surface area contributed by atoms with Crippen LogP contribution in [0.25, 0.3) is 0 Å². The Morgan fingerprint density at radius 3 is 2.62 bits per heavy atom. The SMILES string of the molecule is COC(=O)[C@H]1CC[C@@H](N(C)Cc2ccc(N)c(F)c2)CC1. The number of hydrogen-bond donors (Lipinski definition) is 1. The number of anilines is 1. The second-order valence-electron chi connectivity index (χ2n) is 5.80. The number of halogens is 1. The molecule has 1 saturated carbocycles. The van der Waals surface area contributed by atoms with Crippen molar-refractivity contribution in [2.45, 2.75) is 38.3 Å². The molecule has 0 aromatic heterocycles. The minimum absolute atomic E-state index is 0.0358. The van der Waals surface area contributed by atoms with Gasteiger partial charge in [0.15, 0.2) is 0 Å². The molecular formula is C16H23FN2O2. The highest BCUT2D eigenvalue weighted by molar-refractivity contribution is 5.72. The van der Waals surface area contributed by atoms with Crippen LogP contribution in [-0.4, -0.2) is 31.1 Å². The highest BCUT2D eigenvalue weighted by atomic mass is 19.1. The molecule has 21 heavy (non-hydrogen) atoms. The summed E-state index contributed by atoms with van der Waals surface area (Å²) in [6, 6.07) is 5.37. The van der Waals surface area contributed by atoms with E-state index in [4.69, 9.17) is 10.5 Å². The first-order valence-electron chi connectivity index (χ1n) is 7.33. The van der Waals surface area contributed by atoms with Crippen LogP contribution in [0.2, 0.25) is 0 Å². The number of esters is 1. The zero-order valence-electron chi connectivity index (χ0n) is 12.6. The van der Waals surface area contributed by atoms with Crippen molar-refractivity contribution in [2.24, 2.45) is 5.92 Å². The van der Waals surface area contributed by atoms with E-state index in [1.165, 1.54) is 13.2 Å². The Bertz CT molecular complexity index is 499. The largest absolute Gasteiger partial charge is 0.469 e. The Hall–Kier alpha value is -1.62. The van der Waals surface area contributed by atoms with E-state index in [-0.39, 0.29) is 23.4 Å². The Labute approximate surface area is 125 Å². The zero-order chi connectivity index (χ0) is 15.4. The van der Waals surface area contributed by atoms with Gasteiger partial charge in [0.25, 0.3) is 0 Å². The van der Waals surface area contributed by atoms with Gasteiger partial charge in [-0.2, -0.15) is 0 Å². The van der Waals surface area contributed by atoms with E-state index in [0.717, 1.165) is 31.2 Å². The molecule has 0 heterocycles. The summed E-state index contributed by atoms with van der Waals surface area (Å²) in [4.78, 5) is 13.7. The molecule has 0 radical (unpaired) electrons. The molecule has 1 aromatic carbocycles. The molecule has 2 N–H and O–H groups in total. The van der Waals surface area contributed by atoms with Crippen LogP contribution in [0.5, 0.6) is 0 Å². The van der Waals surface area contributed by atoms with Gasteiger partial charge in [-0.3, -0.25) is 9.69 Å². The third-order valence-electron chi connectivity index (χ3n) is 4.35. The van der Waals surface area contributed by atoms with E-state index in [9.17, 15) is 9.18 Å². The maximum absolute atomic E-state index is 13.5. The predicted molar refractivity (Wildman–Crippen MR) is 80.0 cm³/mol. The Morgan fingerprint density at radius 1 is 1.38 bits per heavy atom. The fourth-order valence-corrected chi connectivity index (χ4v) is 3.01. The summed E-state index contributed by atoms with van der Waals surface area (Å²) in [5, 5.41) is 0. The zero-order valence-corrected chi connectivity index (χ0v) is 12.6. The second-order valence-corrected chi connectivity index (χ2v) is 5.80. The van der Waals surface area contributed by atoms with Gasteiger partial charge < -0.3 is 10.5 Å². The number of rotatable bonds is 4. The van der Waals surface area contributed by atoms with Crippen LogP contribution in [0.4, 0.5) is 10.1 Å². The van der Waals surface area contributed by atoms with Gasteiger partial charge in [0.1, 0.15) is 5.82 Å². The highest BCUT2D eigenvalue weighted by Crippen LogP contribution is 2.28. The van der Waals surface area contributed by atoms with Crippen LogP contribution in [0.3, 0.4) is 0 Å². The molecule has 2 rings (SSSR count). The van der Waals surface area contributed by atoms with Crippen molar-refractivity contribution in [3.8, 4) is 0 Å². The normalized spacial score (nSPS) is 22.3. The van der Waals surface area contributed by atoms with Crippen LogP contribution in [-0.2, 0) is 16.1 Å². The molecule has 1 aromatic rings. The van der Waals surface area contributed by atoms with Crippen LogP contribution in [0.15, 0.2) is 18.2 Å². The number of nitrogens with two attached hydrogens (primary N) is 1. The fraction of sp³-hybridized carbons (Fsp3) is 0.562. The van der Waals surface area contributed by atoms with Gasteiger partial charge in [-0.1, -0.05) is 6.07 Å². The fourth-order valence-electron chi connectivity index (χ4n) is 3.01. The van der Waals surface area contributed by atoms with Crippen LogP contribution < -0.4 is 5.73 Å². The summed E-state index contributed by atoms with van der Waals surface area (Å²) in [6.45, 7) is 0.685. The van der Waals surface area contributed by atoms with Crippen molar-refractivity contribution in [3.63, 3.8) is 0 Å². The van der Waals surface area contributed by atoms with E-state index in [1.54, 1.807) is 6.07 Å². The molecule has 1 aliphatic carbocycles. The summed E-state index contributed by atoms with van der Waals surface area (Å²) in [5.74, 6) is -0.430. The van der Waals surface area contributed by atoms with Crippen molar-refractivity contribution in [2.75, 3.05) is 19.9 Å². The van der Waals surface area contributed by atoms with Gasteiger partial charge in [0.05, 0.1) is 18.7 Å². The number of benzene rings is 1. The van der Waals surface area contributed by atoms with E-state index in [1.807, 2.05) is 13.1 Å². The second kappa shape index (κ2) is 6.89. The molecule has 0 aliphatic heterocycles. The molecule has 0 unspecified atom stereocenters. The molecule has 0 bridgehead atoms. The summed E-state index contributed by atoms with van der Waals surface area (Å²) in [6.07, 6.45) is 3.65. The molecule has 0 amide bonds. The highest BCUT2D eigenvalue weighted by Gasteiger charge is 2.28. The van der Waals surface area contributed by atoms with Crippen molar-refractivity contribution in [1.82, 2.24) is 4.90 Å². The number of nitrogen functional groups attached to an aromatic ring is 1. The smallest absolute Gasteiger partial charge is 0.308 e. The predicted octanol–water partition coefficient (Wildman–Crippen LogP) is 2.57. The molecule has 4 nitrogen and oxygen atoms in total. The molecule has 5 heteroatoms. The van der Waals surface area contributed by atoms with Gasteiger partial charge in [-0.25, -0.2) is 4.39 Å². The molecule has 116 valence electrons. The summed E-state index contributed by atoms with van der Waals surface area (Å²) < 4.78 is 18.3. The number of carbonyl (C=O) groups is 1. The lowest BCUT2D eigenvalue weighted by atomic mass is 9.85. The van der Waals surface area contributed by atoms with Crippen molar-refractivity contribution < 1.29 is 13.9 Å². The van der Waals surface area contributed by atoms with Gasteiger partial charge in [0, 0.05) is 12.6 Å². The molecule has 1 fully saturated rings. The summed E-state index contributed by atoms with van der Waals surface area (Å²) in [5.41, 5.74) is 6.58. The number of carbonyl (C=O) groups excluding carboxylic acids is 1. The first-order chi connectivity index (χ1) is 10.0. The maximum atomic E-state index is 13.5. The standard InChI is InChI=1S/C16H23FN2O2/c1-19(10-11-3-8-15(18)14(17)9-11)13-6-4-12(5-7-13)16(20)21-2/h3,8-9,12-13H,4-7,10,18H2,1-2H3/t12-,13+. The van der Waals surface area contributed by atoms with E-state index in [0.29, 0.717) is 12.6 Å². The van der Waals surface area contributed by atoms with Crippen LogP contribution in [0, 0.1) is 11.7 Å². The lowest BCUT2D eigenvalue weighted by Gasteiger charge is -2.33. The van der Waals surface area contributed by atoms with Crippen LogP contribution >= 0.6 is 0 Å². The summed E-state index contributed by atoms with van der Waals surface area (Å²) in [7, 11) is 3.48. The number of ether oxygens (including phenoxy) is 1. The average molecular weight is 294 g/mol. The Balaban J connectivity index is 1.88. The molecular weight excluding hydrogens is 271 g/mol. The number of nitrogens with zero attached hydrogens (tertiary/aromatic N) is 1. The van der Waals surface area contributed by atoms with Gasteiger partial charge in [-0.05, 0) is 50.4 Å². The van der Waals surface area contributed by atoms with E-state index in [2.05, 4.69) is 4.90 Å². The van der Waals surface area contributed by atoms with Crippen LogP contribution in [0.1, 0.15) is 31.2 Å². The van der Waals surface area contributed by atoms with Gasteiger partial charge in [0.2, 0.25) is 0 Å². The van der Waals surface area contributed by atoms with Crippen molar-refractivity contribution in [3.05, 3.63) is 29.6 Å². The minimum Gasteiger partial charge on any atom is -0.469 e. The number of hydrogen-bond acceptors (Lipinski definition) is 4. The summed E-state index contributed by atoms with van der Waals surface area (Å²) >= 11 is 0. The minimum atomic E-state index is -0.365. The first-order valence-corrected chi connectivity index (χ1v) is 7.33. The van der Waals surface area contributed by atoms with Crippen molar-refractivity contribution >= 4 is 11.7 Å². The maximum Gasteiger partial charge on any atom is 0.308 e. The van der Waals surface area contributed by atoms with Gasteiger partial charge >= 0.3 is 5.97 Å². The Kier molecular flexibility index (Phi) is 5.17. The Morgan fingerprint density at radius 2 is 2.05 bits per heavy atom. The van der Waals surface area contributed by atoms with E-state index < -0.39 is 0 Å². The lowest BCUT2D eigenvalue weighted by Crippen LogP contribution is -2.36. The average Bonchev–Trinajstić information content (AvgIpc) is 2.50. The molecule has 1 aliphatic rings. The first kappa shape index (κ1) is 15.8. The molecule has 0 saturated heterocycles. The third kappa shape index (κ3) is 3.94. The van der Waals surface area contributed by atoms with E-state index >= 15 is 0 Å².